The number of carbonyl (C=O) groups is 2. The van der Waals surface area contributed by atoms with Crippen LogP contribution < -0.4 is 5.32 Å². The minimum Gasteiger partial charge on any atom is -0.452 e. The molecule has 1 aromatic carbocycles. The summed E-state index contributed by atoms with van der Waals surface area (Å²) in [5.41, 5.74) is 3.94. The van der Waals surface area contributed by atoms with E-state index < -0.39 is 11.9 Å². The summed E-state index contributed by atoms with van der Waals surface area (Å²) >= 11 is 0. The lowest BCUT2D eigenvalue weighted by Gasteiger charge is -2.28. The van der Waals surface area contributed by atoms with Crippen LogP contribution in [0.2, 0.25) is 0 Å². The molecule has 0 atom stereocenters. The second-order valence-corrected chi connectivity index (χ2v) is 7.34. The molecule has 0 saturated heterocycles. The molecule has 1 aliphatic heterocycles. The van der Waals surface area contributed by atoms with E-state index in [2.05, 4.69) is 22.1 Å². The highest BCUT2D eigenvalue weighted by Gasteiger charge is 2.26. The molecule has 7 nitrogen and oxygen atoms in total. The zero-order valence-corrected chi connectivity index (χ0v) is 17.1. The summed E-state index contributed by atoms with van der Waals surface area (Å²) in [6.45, 7) is 6.03. The van der Waals surface area contributed by atoms with Crippen LogP contribution in [0.5, 0.6) is 0 Å². The number of aryl methyl sites for hydroxylation is 1. The van der Waals surface area contributed by atoms with Crippen molar-refractivity contribution in [2.24, 2.45) is 0 Å². The molecule has 0 fully saturated rings. The molecule has 1 N–H and O–H groups in total. The molecule has 2 aromatic heterocycles. The van der Waals surface area contributed by atoms with Crippen LogP contribution in [0, 0.1) is 6.92 Å². The lowest BCUT2D eigenvalue weighted by molar-refractivity contribution is -0.119. The molecule has 0 spiro atoms. The van der Waals surface area contributed by atoms with E-state index in [9.17, 15) is 9.59 Å². The van der Waals surface area contributed by atoms with Gasteiger partial charge in [0.1, 0.15) is 5.82 Å². The average molecular weight is 404 g/mol. The summed E-state index contributed by atoms with van der Waals surface area (Å²) in [6, 6.07) is 11.2. The summed E-state index contributed by atoms with van der Waals surface area (Å²) in [5, 5.41) is 3.44. The molecule has 0 aliphatic carbocycles. The summed E-state index contributed by atoms with van der Waals surface area (Å²) in [5.74, 6) is -0.466. The Labute approximate surface area is 175 Å². The average Bonchev–Trinajstić information content (AvgIpc) is 2.77. The Balaban J connectivity index is 1.58. The second-order valence-electron chi connectivity index (χ2n) is 7.34. The number of carbonyl (C=O) groups excluding carboxylic acids is 2. The van der Waals surface area contributed by atoms with E-state index in [1.165, 1.54) is 0 Å². The van der Waals surface area contributed by atoms with Crippen molar-refractivity contribution in [2.75, 3.05) is 25.0 Å². The Kier molecular flexibility index (Phi) is 5.72. The molecule has 0 radical (unpaired) electrons. The number of hydrogen-bond donors (Lipinski definition) is 1. The number of rotatable bonds is 5. The zero-order valence-electron chi connectivity index (χ0n) is 17.1. The SMILES string of the molecule is CCN1CCc2nc3ccccc3c(C(=O)OCC(=O)Nc3ncccc3C)c2C1. The van der Waals surface area contributed by atoms with Crippen LogP contribution in [0.25, 0.3) is 10.9 Å². The minimum absolute atomic E-state index is 0.377. The van der Waals surface area contributed by atoms with Crippen LogP contribution in [0.3, 0.4) is 0 Å². The number of likely N-dealkylation sites (N-methyl/N-ethyl adjacent to an activating group) is 1. The summed E-state index contributed by atoms with van der Waals surface area (Å²) in [6.07, 6.45) is 2.39. The number of aromatic nitrogens is 2. The number of anilines is 1. The van der Waals surface area contributed by atoms with Gasteiger partial charge < -0.3 is 10.1 Å². The molecule has 1 amide bonds. The molecule has 30 heavy (non-hydrogen) atoms. The number of fused-ring (bicyclic) bond motifs is 2. The molecular weight excluding hydrogens is 380 g/mol. The first-order valence-electron chi connectivity index (χ1n) is 10.1. The standard InChI is InChI=1S/C23H24N4O3/c1-3-27-12-10-19-17(13-27)21(16-8-4-5-9-18(16)25-19)23(29)30-14-20(28)26-22-15(2)7-6-11-24-22/h4-9,11H,3,10,12-14H2,1-2H3,(H,24,26,28). The first-order valence-corrected chi connectivity index (χ1v) is 10.1. The van der Waals surface area contributed by atoms with Gasteiger partial charge >= 0.3 is 5.97 Å². The molecule has 4 rings (SSSR count). The van der Waals surface area contributed by atoms with Crippen molar-refractivity contribution >= 4 is 28.6 Å². The van der Waals surface area contributed by atoms with Gasteiger partial charge in [-0.3, -0.25) is 14.7 Å². The fourth-order valence-electron chi connectivity index (χ4n) is 3.74. The van der Waals surface area contributed by atoms with Crippen LogP contribution in [-0.4, -0.2) is 46.4 Å². The van der Waals surface area contributed by atoms with Crippen LogP contribution in [0.15, 0.2) is 42.6 Å². The number of ether oxygens (including phenoxy) is 1. The molecule has 0 unspecified atom stereocenters. The van der Waals surface area contributed by atoms with Gasteiger partial charge in [-0.05, 0) is 31.2 Å². The first-order chi connectivity index (χ1) is 14.6. The number of para-hydroxylation sites is 1. The van der Waals surface area contributed by atoms with Gasteiger partial charge in [-0.15, -0.1) is 0 Å². The fourth-order valence-corrected chi connectivity index (χ4v) is 3.74. The molecule has 3 aromatic rings. The Morgan fingerprint density at radius 3 is 2.83 bits per heavy atom. The van der Waals surface area contributed by atoms with Crippen LogP contribution >= 0.6 is 0 Å². The van der Waals surface area contributed by atoms with Gasteiger partial charge in [0.25, 0.3) is 5.91 Å². The summed E-state index contributed by atoms with van der Waals surface area (Å²) in [7, 11) is 0. The maximum absolute atomic E-state index is 13.1. The van der Waals surface area contributed by atoms with Gasteiger partial charge in [0.2, 0.25) is 0 Å². The van der Waals surface area contributed by atoms with Crippen molar-refractivity contribution < 1.29 is 14.3 Å². The van der Waals surface area contributed by atoms with E-state index in [0.29, 0.717) is 17.9 Å². The van der Waals surface area contributed by atoms with E-state index in [1.807, 2.05) is 37.3 Å². The molecule has 7 heteroatoms. The monoisotopic (exact) mass is 404 g/mol. The Morgan fingerprint density at radius 1 is 1.20 bits per heavy atom. The maximum atomic E-state index is 13.1. The highest BCUT2D eigenvalue weighted by molar-refractivity contribution is 6.06. The predicted octanol–water partition coefficient (Wildman–Crippen LogP) is 3.11. The quantitative estimate of drug-likeness (QED) is 0.658. The lowest BCUT2D eigenvalue weighted by Crippen LogP contribution is -2.32. The normalized spacial score (nSPS) is 13.7. The molecule has 3 heterocycles. The minimum atomic E-state index is -0.504. The molecule has 154 valence electrons. The third-order valence-corrected chi connectivity index (χ3v) is 5.38. The maximum Gasteiger partial charge on any atom is 0.339 e. The molecule has 1 aliphatic rings. The number of amides is 1. The molecule has 0 bridgehead atoms. The van der Waals surface area contributed by atoms with Crippen molar-refractivity contribution in [3.8, 4) is 0 Å². The number of esters is 1. The summed E-state index contributed by atoms with van der Waals surface area (Å²) < 4.78 is 5.42. The van der Waals surface area contributed by atoms with Gasteiger partial charge in [-0.25, -0.2) is 9.78 Å². The first kappa shape index (κ1) is 20.0. The van der Waals surface area contributed by atoms with Gasteiger partial charge in [-0.2, -0.15) is 0 Å². The lowest BCUT2D eigenvalue weighted by atomic mass is 9.96. The van der Waals surface area contributed by atoms with Crippen molar-refractivity contribution in [1.29, 1.82) is 0 Å². The van der Waals surface area contributed by atoms with Crippen molar-refractivity contribution in [2.45, 2.75) is 26.8 Å². The predicted molar refractivity (Wildman–Crippen MR) is 114 cm³/mol. The van der Waals surface area contributed by atoms with Crippen LogP contribution in [-0.2, 0) is 22.5 Å². The van der Waals surface area contributed by atoms with Crippen molar-refractivity contribution in [3.63, 3.8) is 0 Å². The van der Waals surface area contributed by atoms with Gasteiger partial charge in [-0.1, -0.05) is 31.2 Å². The van der Waals surface area contributed by atoms with E-state index in [-0.39, 0.29) is 6.61 Å². The van der Waals surface area contributed by atoms with Crippen molar-refractivity contribution in [3.05, 3.63) is 65.0 Å². The Morgan fingerprint density at radius 2 is 2.03 bits per heavy atom. The van der Waals surface area contributed by atoms with E-state index in [4.69, 9.17) is 9.72 Å². The number of pyridine rings is 2. The Hall–Kier alpha value is -3.32. The highest BCUT2D eigenvalue weighted by Crippen LogP contribution is 2.28. The number of nitrogens with zero attached hydrogens (tertiary/aromatic N) is 3. The van der Waals surface area contributed by atoms with Crippen molar-refractivity contribution in [1.82, 2.24) is 14.9 Å². The van der Waals surface area contributed by atoms with Crippen LogP contribution in [0.1, 0.15) is 34.1 Å². The van der Waals surface area contributed by atoms with E-state index >= 15 is 0 Å². The van der Waals surface area contributed by atoms with Crippen LogP contribution in [0.4, 0.5) is 5.82 Å². The Bertz CT molecular complexity index is 1110. The van der Waals surface area contributed by atoms with Gasteiger partial charge in [0, 0.05) is 42.4 Å². The third kappa shape index (κ3) is 4.02. The molecule has 0 saturated carbocycles. The van der Waals surface area contributed by atoms with E-state index in [1.54, 1.807) is 12.3 Å². The number of benzene rings is 1. The highest BCUT2D eigenvalue weighted by atomic mass is 16.5. The second kappa shape index (κ2) is 8.59. The zero-order chi connectivity index (χ0) is 21.1. The largest absolute Gasteiger partial charge is 0.452 e. The third-order valence-electron chi connectivity index (χ3n) is 5.38. The fraction of sp³-hybridized carbons (Fsp3) is 0.304. The number of nitrogens with one attached hydrogen (secondary N) is 1. The van der Waals surface area contributed by atoms with Gasteiger partial charge in [0.15, 0.2) is 6.61 Å². The number of hydrogen-bond acceptors (Lipinski definition) is 6. The smallest absolute Gasteiger partial charge is 0.339 e. The van der Waals surface area contributed by atoms with Gasteiger partial charge in [0.05, 0.1) is 11.1 Å². The topological polar surface area (TPSA) is 84.4 Å². The summed E-state index contributed by atoms with van der Waals surface area (Å²) in [4.78, 5) is 36.6. The molecular formula is C23H24N4O3. The van der Waals surface area contributed by atoms with E-state index in [0.717, 1.165) is 47.2 Å².